The van der Waals surface area contributed by atoms with Crippen molar-refractivity contribution in [2.75, 3.05) is 14.1 Å². The molecule has 0 aliphatic rings. The van der Waals surface area contributed by atoms with E-state index in [1.807, 2.05) is 0 Å². The van der Waals surface area contributed by atoms with Gasteiger partial charge < -0.3 is 5.11 Å². The number of aromatic nitrogens is 1. The molecule has 1 N–H and O–H groups in total. The van der Waals surface area contributed by atoms with Gasteiger partial charge in [-0.3, -0.25) is 4.98 Å². The molecule has 1 aromatic heterocycles. The van der Waals surface area contributed by atoms with Gasteiger partial charge in [-0.2, -0.15) is 0 Å². The lowest BCUT2D eigenvalue weighted by Gasteiger charge is -2.11. The number of sulfonamides is 1. The maximum Gasteiger partial charge on any atom is 0.242 e. The third kappa shape index (κ3) is 2.87. The highest BCUT2D eigenvalue weighted by Crippen LogP contribution is 2.21. The highest BCUT2D eigenvalue weighted by Gasteiger charge is 2.16. The van der Waals surface area contributed by atoms with E-state index in [-0.39, 0.29) is 11.5 Å². The van der Waals surface area contributed by atoms with Crippen LogP contribution in [0.4, 0.5) is 0 Å². The molecule has 0 atom stereocenters. The predicted molar refractivity (Wildman–Crippen MR) is 76.5 cm³/mol. The minimum Gasteiger partial charge on any atom is -0.392 e. The molecule has 5 nitrogen and oxygen atoms in total. The van der Waals surface area contributed by atoms with E-state index in [1.54, 1.807) is 42.6 Å². The molecule has 0 saturated heterocycles. The highest BCUT2D eigenvalue weighted by atomic mass is 32.2. The molecule has 1 heterocycles. The van der Waals surface area contributed by atoms with Gasteiger partial charge in [0.1, 0.15) is 0 Å². The van der Waals surface area contributed by atoms with Gasteiger partial charge in [0.05, 0.1) is 17.2 Å². The standard InChI is InChI=1S/C14H16N2O3S/c1-16(2)20(18,19)13-5-3-12(4-6-13)14-9-11(10-17)7-8-15-14/h3-9,17H,10H2,1-2H3. The molecule has 0 spiro atoms. The molecule has 0 aliphatic carbocycles. The van der Waals surface area contributed by atoms with Gasteiger partial charge in [0.25, 0.3) is 0 Å². The molecule has 0 aliphatic heterocycles. The van der Waals surface area contributed by atoms with Crippen molar-refractivity contribution in [1.29, 1.82) is 0 Å². The molecule has 0 fully saturated rings. The second kappa shape index (κ2) is 5.70. The van der Waals surface area contributed by atoms with E-state index >= 15 is 0 Å². The first-order valence-corrected chi connectivity index (χ1v) is 7.48. The van der Waals surface area contributed by atoms with Crippen molar-refractivity contribution < 1.29 is 13.5 Å². The van der Waals surface area contributed by atoms with E-state index < -0.39 is 10.0 Å². The van der Waals surface area contributed by atoms with Crippen LogP contribution in [-0.2, 0) is 16.6 Å². The molecule has 0 radical (unpaired) electrons. The number of rotatable bonds is 4. The van der Waals surface area contributed by atoms with E-state index in [0.717, 1.165) is 11.1 Å². The van der Waals surface area contributed by atoms with Crippen LogP contribution in [0.3, 0.4) is 0 Å². The SMILES string of the molecule is CN(C)S(=O)(=O)c1ccc(-c2cc(CO)ccn2)cc1. The number of nitrogens with zero attached hydrogens (tertiary/aromatic N) is 2. The summed E-state index contributed by atoms with van der Waals surface area (Å²) in [5.74, 6) is 0. The van der Waals surface area contributed by atoms with Crippen molar-refractivity contribution in [2.45, 2.75) is 11.5 Å². The number of hydrogen-bond acceptors (Lipinski definition) is 4. The van der Waals surface area contributed by atoms with Crippen LogP contribution in [0.15, 0.2) is 47.5 Å². The Hall–Kier alpha value is -1.76. The van der Waals surface area contributed by atoms with Gasteiger partial charge in [0.2, 0.25) is 10.0 Å². The van der Waals surface area contributed by atoms with Crippen molar-refractivity contribution >= 4 is 10.0 Å². The third-order valence-corrected chi connectivity index (χ3v) is 4.76. The molecular weight excluding hydrogens is 276 g/mol. The number of hydrogen-bond donors (Lipinski definition) is 1. The normalized spacial score (nSPS) is 11.8. The minimum atomic E-state index is -3.42. The molecule has 6 heteroatoms. The fourth-order valence-corrected chi connectivity index (χ4v) is 2.64. The summed E-state index contributed by atoms with van der Waals surface area (Å²) < 4.78 is 25.1. The lowest BCUT2D eigenvalue weighted by atomic mass is 10.1. The van der Waals surface area contributed by atoms with Gasteiger partial charge >= 0.3 is 0 Å². The molecule has 106 valence electrons. The van der Waals surface area contributed by atoms with Crippen LogP contribution in [0, 0.1) is 0 Å². The average molecular weight is 292 g/mol. The van der Waals surface area contributed by atoms with Crippen molar-refractivity contribution in [3.05, 3.63) is 48.2 Å². The van der Waals surface area contributed by atoms with Crippen LogP contribution in [0.25, 0.3) is 11.3 Å². The molecule has 0 amide bonds. The van der Waals surface area contributed by atoms with Gasteiger partial charge in [-0.15, -0.1) is 0 Å². The number of pyridine rings is 1. The third-order valence-electron chi connectivity index (χ3n) is 2.94. The van der Waals surface area contributed by atoms with Crippen molar-refractivity contribution in [3.8, 4) is 11.3 Å². The summed E-state index contributed by atoms with van der Waals surface area (Å²) in [7, 11) is -0.425. The Morgan fingerprint density at radius 3 is 2.35 bits per heavy atom. The number of aliphatic hydroxyl groups is 1. The molecule has 0 bridgehead atoms. The average Bonchev–Trinajstić information content (AvgIpc) is 2.47. The summed E-state index contributed by atoms with van der Waals surface area (Å²) in [6.07, 6.45) is 1.62. The van der Waals surface area contributed by atoms with Gasteiger partial charge in [-0.1, -0.05) is 12.1 Å². The zero-order chi connectivity index (χ0) is 14.8. The van der Waals surface area contributed by atoms with Crippen LogP contribution in [0.1, 0.15) is 5.56 Å². The van der Waals surface area contributed by atoms with Crippen LogP contribution in [0.5, 0.6) is 0 Å². The summed E-state index contributed by atoms with van der Waals surface area (Å²) in [6.45, 7) is -0.0530. The van der Waals surface area contributed by atoms with Crippen molar-refractivity contribution in [3.63, 3.8) is 0 Å². The van der Waals surface area contributed by atoms with Crippen LogP contribution in [-0.4, -0.2) is 36.9 Å². The van der Waals surface area contributed by atoms with Gasteiger partial charge in [-0.05, 0) is 29.8 Å². The number of benzene rings is 1. The highest BCUT2D eigenvalue weighted by molar-refractivity contribution is 7.89. The van der Waals surface area contributed by atoms with E-state index in [0.29, 0.717) is 5.69 Å². The van der Waals surface area contributed by atoms with E-state index in [9.17, 15) is 8.42 Å². The zero-order valence-electron chi connectivity index (χ0n) is 11.3. The quantitative estimate of drug-likeness (QED) is 0.927. The Balaban J connectivity index is 2.37. The van der Waals surface area contributed by atoms with Gasteiger partial charge in [-0.25, -0.2) is 12.7 Å². The Morgan fingerprint density at radius 1 is 1.15 bits per heavy atom. The summed E-state index contributed by atoms with van der Waals surface area (Å²) in [6, 6.07) is 10.0. The maximum atomic E-state index is 12.0. The molecule has 1 aromatic carbocycles. The largest absolute Gasteiger partial charge is 0.392 e. The molecule has 2 aromatic rings. The minimum absolute atomic E-state index is 0.0530. The Labute approximate surface area is 118 Å². The molecule has 2 rings (SSSR count). The first-order chi connectivity index (χ1) is 9.45. The Bertz CT molecular complexity index is 695. The van der Waals surface area contributed by atoms with E-state index in [2.05, 4.69) is 4.98 Å². The second-order valence-corrected chi connectivity index (χ2v) is 6.67. The fourth-order valence-electron chi connectivity index (χ4n) is 1.74. The molecular formula is C14H16N2O3S. The smallest absolute Gasteiger partial charge is 0.242 e. The van der Waals surface area contributed by atoms with Crippen LogP contribution in [0.2, 0.25) is 0 Å². The molecule has 0 saturated carbocycles. The maximum absolute atomic E-state index is 12.0. The Morgan fingerprint density at radius 2 is 1.80 bits per heavy atom. The summed E-state index contributed by atoms with van der Waals surface area (Å²) >= 11 is 0. The summed E-state index contributed by atoms with van der Waals surface area (Å²) in [5, 5.41) is 9.11. The first-order valence-electron chi connectivity index (χ1n) is 6.04. The number of aliphatic hydroxyl groups excluding tert-OH is 1. The van der Waals surface area contributed by atoms with E-state index in [4.69, 9.17) is 5.11 Å². The lowest BCUT2D eigenvalue weighted by molar-refractivity contribution is 0.282. The van der Waals surface area contributed by atoms with Crippen LogP contribution >= 0.6 is 0 Å². The van der Waals surface area contributed by atoms with Gasteiger partial charge in [0, 0.05) is 25.9 Å². The molecule has 20 heavy (non-hydrogen) atoms. The lowest BCUT2D eigenvalue weighted by Crippen LogP contribution is -2.22. The van der Waals surface area contributed by atoms with E-state index in [1.165, 1.54) is 18.4 Å². The Kier molecular flexibility index (Phi) is 4.17. The monoisotopic (exact) mass is 292 g/mol. The first kappa shape index (κ1) is 14.6. The zero-order valence-corrected chi connectivity index (χ0v) is 12.1. The van der Waals surface area contributed by atoms with Crippen molar-refractivity contribution in [1.82, 2.24) is 9.29 Å². The van der Waals surface area contributed by atoms with Crippen LogP contribution < -0.4 is 0 Å². The van der Waals surface area contributed by atoms with Crippen molar-refractivity contribution in [2.24, 2.45) is 0 Å². The summed E-state index contributed by atoms with van der Waals surface area (Å²) in [4.78, 5) is 4.45. The van der Waals surface area contributed by atoms with Gasteiger partial charge in [0.15, 0.2) is 0 Å². The summed E-state index contributed by atoms with van der Waals surface area (Å²) in [5.41, 5.74) is 2.27. The topological polar surface area (TPSA) is 70.5 Å². The molecule has 0 unspecified atom stereocenters. The predicted octanol–water partition coefficient (Wildman–Crippen LogP) is 1.49. The second-order valence-electron chi connectivity index (χ2n) is 4.52. The fraction of sp³-hybridized carbons (Fsp3) is 0.214.